The number of carbonyl (C=O) groups excluding carboxylic acids is 3. The molecular formula is C23H17N3O6. The maximum Gasteiger partial charge on any atom is 0.270 e. The van der Waals surface area contributed by atoms with E-state index in [0.29, 0.717) is 48.2 Å². The van der Waals surface area contributed by atoms with Gasteiger partial charge in [0.05, 0.1) is 29.4 Å². The fourth-order valence-electron chi connectivity index (χ4n) is 4.13. The minimum Gasteiger partial charge on any atom is -0.378 e. The Morgan fingerprint density at radius 2 is 1.62 bits per heavy atom. The van der Waals surface area contributed by atoms with Gasteiger partial charge in [-0.25, -0.2) is 4.90 Å². The van der Waals surface area contributed by atoms with Crippen LogP contribution in [0.1, 0.15) is 31.1 Å². The van der Waals surface area contributed by atoms with Crippen molar-refractivity contribution in [1.82, 2.24) is 4.90 Å². The number of nitro groups is 1. The molecule has 2 heterocycles. The highest BCUT2D eigenvalue weighted by molar-refractivity contribution is 6.36. The molecule has 2 aliphatic rings. The van der Waals surface area contributed by atoms with Crippen molar-refractivity contribution in [3.8, 4) is 0 Å². The van der Waals surface area contributed by atoms with Gasteiger partial charge < -0.3 is 9.64 Å². The summed E-state index contributed by atoms with van der Waals surface area (Å²) >= 11 is 0. The third-order valence-corrected chi connectivity index (χ3v) is 5.71. The Balaban J connectivity index is 1.53. The Hall–Kier alpha value is -4.11. The Morgan fingerprint density at radius 3 is 2.31 bits per heavy atom. The number of carbonyl (C=O) groups is 3. The topological polar surface area (TPSA) is 110 Å². The van der Waals surface area contributed by atoms with Crippen LogP contribution >= 0.6 is 0 Å². The summed E-state index contributed by atoms with van der Waals surface area (Å²) in [6.07, 6.45) is 0. The molecule has 0 aliphatic carbocycles. The van der Waals surface area contributed by atoms with Crippen molar-refractivity contribution < 1.29 is 24.0 Å². The molecule has 3 amide bonds. The van der Waals surface area contributed by atoms with E-state index in [0.717, 1.165) is 4.90 Å². The molecule has 0 saturated carbocycles. The van der Waals surface area contributed by atoms with Crippen LogP contribution < -0.4 is 4.90 Å². The van der Waals surface area contributed by atoms with Gasteiger partial charge in [-0.15, -0.1) is 0 Å². The average Bonchev–Trinajstić information content (AvgIpc) is 2.82. The summed E-state index contributed by atoms with van der Waals surface area (Å²) in [5.41, 5.74) is 0.885. The molecule has 32 heavy (non-hydrogen) atoms. The van der Waals surface area contributed by atoms with E-state index in [9.17, 15) is 24.5 Å². The normalized spacial score (nSPS) is 15.9. The van der Waals surface area contributed by atoms with Gasteiger partial charge in [-0.3, -0.25) is 24.5 Å². The first-order valence-electron chi connectivity index (χ1n) is 10.0. The fourth-order valence-corrected chi connectivity index (χ4v) is 4.13. The van der Waals surface area contributed by atoms with Gasteiger partial charge in [0, 0.05) is 41.7 Å². The van der Waals surface area contributed by atoms with E-state index < -0.39 is 16.7 Å². The number of amides is 3. The first-order chi connectivity index (χ1) is 15.5. The van der Waals surface area contributed by atoms with Gasteiger partial charge in [-0.2, -0.15) is 0 Å². The number of ether oxygens (including phenoxy) is 1. The highest BCUT2D eigenvalue weighted by atomic mass is 16.6. The molecule has 3 aromatic rings. The number of hydrogen-bond acceptors (Lipinski definition) is 6. The number of nitro benzene ring substituents is 1. The predicted octanol–water partition coefficient (Wildman–Crippen LogP) is 3.02. The molecule has 0 unspecified atom stereocenters. The number of imide groups is 1. The third-order valence-electron chi connectivity index (χ3n) is 5.71. The van der Waals surface area contributed by atoms with Gasteiger partial charge in [0.25, 0.3) is 23.4 Å². The van der Waals surface area contributed by atoms with Crippen molar-refractivity contribution in [3.05, 3.63) is 81.4 Å². The standard InChI is InChI=1S/C23H17N3O6/c27-21(24-8-10-32-11-9-24)14-4-6-16(7-5-14)25-22(28)18-3-1-2-15-12-17(26(30)31)13-19(20(15)18)23(25)29/h1-7,12-13H,8-11H2. The summed E-state index contributed by atoms with van der Waals surface area (Å²) in [4.78, 5) is 52.5. The van der Waals surface area contributed by atoms with Gasteiger partial charge >= 0.3 is 0 Å². The zero-order chi connectivity index (χ0) is 22.4. The minimum absolute atomic E-state index is 0.0952. The van der Waals surface area contributed by atoms with Gasteiger partial charge in [0.2, 0.25) is 0 Å². The molecule has 9 nitrogen and oxygen atoms in total. The van der Waals surface area contributed by atoms with Crippen LogP contribution in [0.4, 0.5) is 11.4 Å². The number of morpholine rings is 1. The Bertz CT molecular complexity index is 1300. The Morgan fingerprint density at radius 1 is 0.938 bits per heavy atom. The Labute approximate surface area is 181 Å². The molecule has 0 atom stereocenters. The second-order valence-electron chi connectivity index (χ2n) is 7.55. The second-order valence-corrected chi connectivity index (χ2v) is 7.55. The van der Waals surface area contributed by atoms with Crippen molar-refractivity contribution in [2.45, 2.75) is 0 Å². The maximum absolute atomic E-state index is 13.2. The van der Waals surface area contributed by atoms with Gasteiger partial charge in [-0.1, -0.05) is 12.1 Å². The predicted molar refractivity (Wildman–Crippen MR) is 115 cm³/mol. The van der Waals surface area contributed by atoms with Crippen LogP contribution in [0.25, 0.3) is 10.8 Å². The number of hydrogen-bond donors (Lipinski definition) is 0. The SMILES string of the molecule is O=C(c1ccc(N2C(=O)c3cccc4cc([N+](=O)[O-])cc(c34)C2=O)cc1)N1CCOCC1. The quantitative estimate of drug-likeness (QED) is 0.358. The highest BCUT2D eigenvalue weighted by Gasteiger charge is 2.35. The molecule has 160 valence electrons. The molecule has 0 radical (unpaired) electrons. The van der Waals surface area contributed by atoms with Crippen LogP contribution in [-0.2, 0) is 4.74 Å². The van der Waals surface area contributed by atoms with E-state index in [4.69, 9.17) is 4.74 Å². The van der Waals surface area contributed by atoms with Crippen LogP contribution in [0.5, 0.6) is 0 Å². The van der Waals surface area contributed by atoms with E-state index in [1.54, 1.807) is 35.2 Å². The maximum atomic E-state index is 13.2. The lowest BCUT2D eigenvalue weighted by atomic mass is 9.93. The fraction of sp³-hybridized carbons (Fsp3) is 0.174. The second kappa shape index (κ2) is 7.54. The zero-order valence-electron chi connectivity index (χ0n) is 16.8. The average molecular weight is 431 g/mol. The lowest BCUT2D eigenvalue weighted by Gasteiger charge is -2.28. The Kier molecular flexibility index (Phi) is 4.67. The number of benzene rings is 3. The van der Waals surface area contributed by atoms with Crippen LogP contribution in [0.2, 0.25) is 0 Å². The summed E-state index contributed by atoms with van der Waals surface area (Å²) in [5, 5.41) is 12.2. The molecular weight excluding hydrogens is 414 g/mol. The monoisotopic (exact) mass is 431 g/mol. The summed E-state index contributed by atoms with van der Waals surface area (Å²) in [6.45, 7) is 1.97. The van der Waals surface area contributed by atoms with E-state index in [1.807, 2.05) is 0 Å². The first-order valence-corrected chi connectivity index (χ1v) is 10.0. The van der Waals surface area contributed by atoms with Crippen molar-refractivity contribution in [3.63, 3.8) is 0 Å². The van der Waals surface area contributed by atoms with E-state index in [1.165, 1.54) is 24.3 Å². The highest BCUT2D eigenvalue weighted by Crippen LogP contribution is 2.35. The third kappa shape index (κ3) is 3.10. The van der Waals surface area contributed by atoms with Gasteiger partial charge in [0.1, 0.15) is 0 Å². The van der Waals surface area contributed by atoms with Crippen LogP contribution in [-0.4, -0.2) is 53.8 Å². The van der Waals surface area contributed by atoms with Crippen molar-refractivity contribution in [2.75, 3.05) is 31.2 Å². The molecule has 1 fully saturated rings. The molecule has 0 N–H and O–H groups in total. The molecule has 0 bridgehead atoms. The largest absolute Gasteiger partial charge is 0.378 e. The summed E-state index contributed by atoms with van der Waals surface area (Å²) in [7, 11) is 0. The van der Waals surface area contributed by atoms with Crippen molar-refractivity contribution in [2.24, 2.45) is 0 Å². The van der Waals surface area contributed by atoms with Crippen molar-refractivity contribution in [1.29, 1.82) is 0 Å². The summed E-state index contributed by atoms with van der Waals surface area (Å²) in [6, 6.07) is 13.6. The molecule has 2 aliphatic heterocycles. The summed E-state index contributed by atoms with van der Waals surface area (Å²) in [5.74, 6) is -1.31. The lowest BCUT2D eigenvalue weighted by Crippen LogP contribution is -2.41. The molecule has 3 aromatic carbocycles. The van der Waals surface area contributed by atoms with Gasteiger partial charge in [-0.05, 0) is 35.7 Å². The zero-order valence-corrected chi connectivity index (χ0v) is 16.8. The van der Waals surface area contributed by atoms with E-state index in [2.05, 4.69) is 0 Å². The number of nitrogens with zero attached hydrogens (tertiary/aromatic N) is 3. The molecule has 5 rings (SSSR count). The molecule has 1 saturated heterocycles. The number of non-ortho nitro benzene ring substituents is 1. The van der Waals surface area contributed by atoms with E-state index >= 15 is 0 Å². The molecule has 0 aromatic heterocycles. The van der Waals surface area contributed by atoms with E-state index in [-0.39, 0.29) is 22.8 Å². The lowest BCUT2D eigenvalue weighted by molar-refractivity contribution is -0.384. The van der Waals surface area contributed by atoms with Crippen LogP contribution in [0.3, 0.4) is 0 Å². The van der Waals surface area contributed by atoms with Crippen LogP contribution in [0.15, 0.2) is 54.6 Å². The first kappa shape index (κ1) is 19.8. The summed E-state index contributed by atoms with van der Waals surface area (Å²) < 4.78 is 5.27. The van der Waals surface area contributed by atoms with Crippen molar-refractivity contribution >= 4 is 39.9 Å². The smallest absolute Gasteiger partial charge is 0.270 e. The number of anilines is 1. The van der Waals surface area contributed by atoms with Gasteiger partial charge in [0.15, 0.2) is 0 Å². The molecule has 0 spiro atoms. The minimum atomic E-state index is -0.644. The van der Waals surface area contributed by atoms with Crippen LogP contribution in [0, 0.1) is 10.1 Å². The molecule has 9 heteroatoms. The number of rotatable bonds is 3.